The van der Waals surface area contributed by atoms with Crippen molar-refractivity contribution in [2.75, 3.05) is 23.3 Å². The van der Waals surface area contributed by atoms with Crippen molar-refractivity contribution in [1.29, 1.82) is 0 Å². The van der Waals surface area contributed by atoms with Gasteiger partial charge in [0, 0.05) is 29.5 Å². The van der Waals surface area contributed by atoms with Crippen molar-refractivity contribution in [3.8, 4) is 5.69 Å². The number of piperazine rings is 1. The van der Waals surface area contributed by atoms with Gasteiger partial charge >= 0.3 is 0 Å². The Morgan fingerprint density at radius 2 is 1.74 bits per heavy atom. The molecular formula is C29H32N7O2+. The molecule has 4 aromatic rings. The molecule has 9 heteroatoms. The van der Waals surface area contributed by atoms with E-state index in [0.717, 1.165) is 43.7 Å². The molecule has 5 N–H and O–H groups in total. The minimum atomic E-state index is -0.774. The highest BCUT2D eigenvalue weighted by atomic mass is 16.2. The average molecular weight is 511 g/mol. The number of hydrogen-bond acceptors (Lipinski definition) is 6. The van der Waals surface area contributed by atoms with Crippen LogP contribution in [0.4, 0.5) is 17.3 Å². The third kappa shape index (κ3) is 4.50. The van der Waals surface area contributed by atoms with Crippen LogP contribution in [-0.2, 0) is 12.8 Å². The van der Waals surface area contributed by atoms with Crippen molar-refractivity contribution in [3.05, 3.63) is 81.8 Å². The van der Waals surface area contributed by atoms with Crippen molar-refractivity contribution in [2.45, 2.75) is 45.2 Å². The van der Waals surface area contributed by atoms with Gasteiger partial charge in [0.25, 0.3) is 5.91 Å². The molecule has 38 heavy (non-hydrogen) atoms. The van der Waals surface area contributed by atoms with Crippen LogP contribution in [-0.4, -0.2) is 45.6 Å². The molecule has 1 aliphatic heterocycles. The predicted molar refractivity (Wildman–Crippen MR) is 148 cm³/mol. The van der Waals surface area contributed by atoms with Crippen LogP contribution in [0.3, 0.4) is 0 Å². The summed E-state index contributed by atoms with van der Waals surface area (Å²) in [6.07, 6.45) is 6.16. The molecule has 2 aromatic heterocycles. The molecule has 1 amide bonds. The summed E-state index contributed by atoms with van der Waals surface area (Å²) in [5, 5.41) is 5.93. The van der Waals surface area contributed by atoms with Gasteiger partial charge in [0.2, 0.25) is 11.4 Å². The van der Waals surface area contributed by atoms with Crippen molar-refractivity contribution < 1.29 is 10.1 Å². The fourth-order valence-electron chi connectivity index (χ4n) is 5.80. The number of nitrogens with zero attached hydrogens (tertiary/aromatic N) is 4. The van der Waals surface area contributed by atoms with Crippen molar-refractivity contribution in [1.82, 2.24) is 14.5 Å². The van der Waals surface area contributed by atoms with E-state index in [-0.39, 0.29) is 10.9 Å². The number of fused-ring (bicyclic) bond motifs is 2. The number of benzene rings is 2. The fraction of sp³-hybridized carbons (Fsp3) is 0.310. The lowest BCUT2D eigenvalue weighted by Crippen LogP contribution is -2.99. The highest BCUT2D eigenvalue weighted by Crippen LogP contribution is 2.27. The molecular weight excluding hydrogens is 478 g/mol. The average Bonchev–Trinajstić information content (AvgIpc) is 3.37. The molecule has 0 unspecified atom stereocenters. The maximum atomic E-state index is 13.0. The first-order valence-electron chi connectivity index (χ1n) is 13.2. The summed E-state index contributed by atoms with van der Waals surface area (Å²) in [6, 6.07) is 15.6. The number of pyridine rings is 1. The molecule has 6 rings (SSSR count). The van der Waals surface area contributed by atoms with Crippen LogP contribution in [0.1, 0.15) is 41.8 Å². The number of carbonyl (C=O) groups is 1. The van der Waals surface area contributed by atoms with Crippen LogP contribution in [0.25, 0.3) is 16.7 Å². The lowest BCUT2D eigenvalue weighted by molar-refractivity contribution is -0.716. The fourth-order valence-corrected chi connectivity index (χ4v) is 5.80. The highest BCUT2D eigenvalue weighted by Gasteiger charge is 2.24. The lowest BCUT2D eigenvalue weighted by atomic mass is 10.1. The molecule has 0 bridgehead atoms. The molecule has 0 saturated carbocycles. The zero-order chi connectivity index (χ0) is 26.4. The summed E-state index contributed by atoms with van der Waals surface area (Å²) in [4.78, 5) is 36.6. The first-order chi connectivity index (χ1) is 18.4. The normalized spacial score (nSPS) is 18.9. The molecule has 2 aliphatic rings. The Kier molecular flexibility index (Phi) is 6.07. The first kappa shape index (κ1) is 24.1. The summed E-state index contributed by atoms with van der Waals surface area (Å²) in [6.45, 7) is 6.53. The largest absolute Gasteiger partial charge is 0.365 e. The van der Waals surface area contributed by atoms with Gasteiger partial charge in [-0.25, -0.2) is 4.98 Å². The van der Waals surface area contributed by atoms with E-state index >= 15 is 0 Å². The Morgan fingerprint density at radius 1 is 1.03 bits per heavy atom. The number of anilines is 3. The second-order valence-corrected chi connectivity index (χ2v) is 10.6. The number of nitrogens with two attached hydrogens (primary N) is 2. The maximum Gasteiger partial charge on any atom is 0.254 e. The topological polar surface area (TPSA) is 123 Å². The predicted octanol–water partition coefficient (Wildman–Crippen LogP) is 2.27. The Morgan fingerprint density at radius 3 is 2.47 bits per heavy atom. The van der Waals surface area contributed by atoms with Crippen LogP contribution >= 0.6 is 0 Å². The monoisotopic (exact) mass is 510 g/mol. The van der Waals surface area contributed by atoms with Gasteiger partial charge in [-0.3, -0.25) is 9.59 Å². The van der Waals surface area contributed by atoms with Gasteiger partial charge in [0.15, 0.2) is 5.65 Å². The summed E-state index contributed by atoms with van der Waals surface area (Å²) in [5.74, 6) is -0.411. The number of hydrogen-bond donors (Lipinski definition) is 3. The van der Waals surface area contributed by atoms with Gasteiger partial charge in [-0.15, -0.1) is 0 Å². The zero-order valence-corrected chi connectivity index (χ0v) is 21.6. The van der Waals surface area contributed by atoms with E-state index in [1.807, 2.05) is 18.2 Å². The van der Waals surface area contributed by atoms with Gasteiger partial charge in [-0.2, -0.15) is 4.98 Å². The summed E-state index contributed by atoms with van der Waals surface area (Å²) < 4.78 is 1.76. The molecule has 2 aromatic carbocycles. The Hall–Kier alpha value is -4.24. The summed E-state index contributed by atoms with van der Waals surface area (Å²) in [7, 11) is 0. The van der Waals surface area contributed by atoms with E-state index in [0.29, 0.717) is 23.7 Å². The van der Waals surface area contributed by atoms with Crippen LogP contribution in [0.5, 0.6) is 0 Å². The molecule has 3 heterocycles. The van der Waals surface area contributed by atoms with E-state index in [9.17, 15) is 9.59 Å². The smallest absolute Gasteiger partial charge is 0.254 e. The SMILES string of the molecule is C[C@@H]1CN(c2ccc(Nc3ncc4c(=O)c(C(N)=O)cn(-c5ccc6c(c5)CCC6)c4n3)cc2)C[C@H](C)[NH2+]1. The molecule has 0 radical (unpaired) electrons. The molecule has 1 saturated heterocycles. The van der Waals surface area contributed by atoms with Crippen molar-refractivity contribution in [2.24, 2.45) is 5.73 Å². The standard InChI is InChI=1S/C29H31N7O2/c1-17-14-35(15-18(2)32-17)22-10-7-21(8-11-22)33-29-31-13-24-26(37)25(27(30)38)16-36(28(24)34-29)23-9-6-19-4-3-5-20(19)12-23/h6-13,16-18,32H,3-5,14-15H2,1-2H3,(H2,30,38)(H,31,33,34)/p+1/t17-,18+. The number of amides is 1. The zero-order valence-electron chi connectivity index (χ0n) is 21.6. The van der Waals surface area contributed by atoms with Gasteiger partial charge in [0.05, 0.1) is 18.5 Å². The second-order valence-electron chi connectivity index (χ2n) is 10.6. The number of aromatic nitrogens is 3. The summed E-state index contributed by atoms with van der Waals surface area (Å²) in [5.41, 5.74) is 10.9. The van der Waals surface area contributed by atoms with Gasteiger partial charge in [-0.05, 0) is 80.6 Å². The maximum absolute atomic E-state index is 13.0. The van der Waals surface area contributed by atoms with Crippen molar-refractivity contribution >= 4 is 34.3 Å². The first-order valence-corrected chi connectivity index (χ1v) is 13.2. The van der Waals surface area contributed by atoms with Gasteiger partial charge in [-0.1, -0.05) is 6.07 Å². The Balaban J connectivity index is 1.35. The molecule has 9 nitrogen and oxygen atoms in total. The Labute approximate surface area is 220 Å². The number of primary amides is 1. The number of aryl methyl sites for hydroxylation is 2. The van der Waals surface area contributed by atoms with Crippen LogP contribution in [0.15, 0.2) is 59.7 Å². The van der Waals surface area contributed by atoms with E-state index < -0.39 is 11.3 Å². The number of carbonyl (C=O) groups excluding carboxylic acids is 1. The molecule has 0 spiro atoms. The van der Waals surface area contributed by atoms with Crippen LogP contribution in [0, 0.1) is 0 Å². The third-order valence-corrected chi connectivity index (χ3v) is 7.53. The van der Waals surface area contributed by atoms with E-state index in [2.05, 4.69) is 58.6 Å². The van der Waals surface area contributed by atoms with Gasteiger partial charge < -0.3 is 25.8 Å². The molecule has 1 aliphatic carbocycles. The van der Waals surface area contributed by atoms with Gasteiger partial charge in [0.1, 0.15) is 17.6 Å². The minimum Gasteiger partial charge on any atom is -0.365 e. The van der Waals surface area contributed by atoms with E-state index in [1.165, 1.54) is 29.2 Å². The number of quaternary nitrogens is 1. The van der Waals surface area contributed by atoms with E-state index in [4.69, 9.17) is 10.7 Å². The molecule has 194 valence electrons. The van der Waals surface area contributed by atoms with Crippen molar-refractivity contribution in [3.63, 3.8) is 0 Å². The quantitative estimate of drug-likeness (QED) is 0.379. The number of rotatable bonds is 5. The molecule has 1 fully saturated rings. The number of nitrogens with one attached hydrogen (secondary N) is 1. The van der Waals surface area contributed by atoms with E-state index in [1.54, 1.807) is 4.57 Å². The third-order valence-electron chi connectivity index (χ3n) is 7.53. The second kappa shape index (κ2) is 9.57. The lowest BCUT2D eigenvalue weighted by Gasteiger charge is -2.35. The van der Waals surface area contributed by atoms with Crippen LogP contribution < -0.4 is 26.7 Å². The highest BCUT2D eigenvalue weighted by molar-refractivity contribution is 5.96. The van der Waals surface area contributed by atoms with Crippen LogP contribution in [0.2, 0.25) is 0 Å². The molecule has 2 atom stereocenters. The summed E-state index contributed by atoms with van der Waals surface area (Å²) >= 11 is 0. The minimum absolute atomic E-state index is 0.0863. The Bertz CT molecular complexity index is 1590.